The second-order valence-corrected chi connectivity index (χ2v) is 4.30. The van der Waals surface area contributed by atoms with E-state index in [0.717, 1.165) is 11.1 Å². The van der Waals surface area contributed by atoms with Gasteiger partial charge in [-0.3, -0.25) is 4.79 Å². The second kappa shape index (κ2) is 6.17. The first-order valence-corrected chi connectivity index (χ1v) is 6.32. The Balaban J connectivity index is 2.81. The third-order valence-electron chi connectivity index (χ3n) is 3.16. The summed E-state index contributed by atoms with van der Waals surface area (Å²) in [7, 11) is 4.45. The van der Waals surface area contributed by atoms with Crippen molar-refractivity contribution < 1.29 is 19.0 Å². The Kier molecular flexibility index (Phi) is 4.33. The first kappa shape index (κ1) is 14.7. The maximum atomic E-state index is 11.7. The van der Waals surface area contributed by atoms with E-state index in [9.17, 15) is 4.79 Å². The maximum absolute atomic E-state index is 11.7. The van der Waals surface area contributed by atoms with Gasteiger partial charge in [-0.25, -0.2) is 0 Å². The normalized spacial score (nSPS) is 10.0. The molecule has 21 heavy (non-hydrogen) atoms. The lowest BCUT2D eigenvalue weighted by Gasteiger charge is -2.18. The summed E-state index contributed by atoms with van der Waals surface area (Å²) in [6.45, 7) is 0. The molecule has 0 unspecified atom stereocenters. The summed E-state index contributed by atoms with van der Waals surface area (Å²) in [5.41, 5.74) is 7.27. The van der Waals surface area contributed by atoms with E-state index in [0.29, 0.717) is 11.5 Å². The minimum atomic E-state index is -0.637. The molecule has 0 bridgehead atoms. The molecule has 0 atom stereocenters. The van der Waals surface area contributed by atoms with Gasteiger partial charge in [-0.2, -0.15) is 0 Å². The number of rotatable bonds is 5. The molecule has 5 heteroatoms. The molecule has 0 aliphatic carbocycles. The quantitative estimate of drug-likeness (QED) is 0.917. The monoisotopic (exact) mass is 287 g/mol. The first-order valence-electron chi connectivity index (χ1n) is 6.32. The Bertz CT molecular complexity index is 653. The lowest BCUT2D eigenvalue weighted by molar-refractivity contribution is 0.0993. The lowest BCUT2D eigenvalue weighted by atomic mass is 10.00. The van der Waals surface area contributed by atoms with E-state index in [1.54, 1.807) is 6.07 Å². The molecule has 1 amide bonds. The van der Waals surface area contributed by atoms with Crippen molar-refractivity contribution in [3.63, 3.8) is 0 Å². The van der Waals surface area contributed by atoms with Crippen LogP contribution < -0.4 is 19.9 Å². The minimum Gasteiger partial charge on any atom is -0.496 e. The van der Waals surface area contributed by atoms with Crippen LogP contribution in [0.4, 0.5) is 0 Å². The molecule has 0 saturated heterocycles. The van der Waals surface area contributed by atoms with Gasteiger partial charge < -0.3 is 19.9 Å². The number of ether oxygens (including phenoxy) is 3. The van der Waals surface area contributed by atoms with Crippen molar-refractivity contribution in [2.75, 3.05) is 21.3 Å². The van der Waals surface area contributed by atoms with Crippen molar-refractivity contribution in [1.29, 1.82) is 0 Å². The Morgan fingerprint density at radius 2 is 1.57 bits per heavy atom. The molecule has 2 rings (SSSR count). The van der Waals surface area contributed by atoms with Gasteiger partial charge in [0.05, 0.1) is 21.3 Å². The van der Waals surface area contributed by atoms with Crippen LogP contribution in [0.2, 0.25) is 0 Å². The first-order chi connectivity index (χ1) is 10.1. The van der Waals surface area contributed by atoms with Crippen molar-refractivity contribution in [3.8, 4) is 28.4 Å². The summed E-state index contributed by atoms with van der Waals surface area (Å²) in [6, 6.07) is 11.3. The second-order valence-electron chi connectivity index (χ2n) is 4.30. The molecule has 0 saturated carbocycles. The average Bonchev–Trinajstić information content (AvgIpc) is 2.53. The molecule has 0 spiro atoms. The van der Waals surface area contributed by atoms with Crippen molar-refractivity contribution in [2.24, 2.45) is 5.73 Å². The molecule has 2 aromatic carbocycles. The molecule has 0 fully saturated rings. The van der Waals surface area contributed by atoms with E-state index in [-0.39, 0.29) is 11.3 Å². The zero-order valence-corrected chi connectivity index (χ0v) is 12.2. The predicted molar refractivity (Wildman–Crippen MR) is 80.1 cm³/mol. The third-order valence-corrected chi connectivity index (χ3v) is 3.16. The molecule has 0 aromatic heterocycles. The number of nitrogens with two attached hydrogens (primary N) is 1. The Labute approximate surface area is 123 Å². The molecule has 5 nitrogen and oxygen atoms in total. The number of hydrogen-bond donors (Lipinski definition) is 1. The zero-order chi connectivity index (χ0) is 15.4. The molecular formula is C16H17NO4. The summed E-state index contributed by atoms with van der Waals surface area (Å²) >= 11 is 0. The maximum Gasteiger partial charge on any atom is 0.256 e. The van der Waals surface area contributed by atoms with Crippen LogP contribution >= 0.6 is 0 Å². The fourth-order valence-corrected chi connectivity index (χ4v) is 2.24. The van der Waals surface area contributed by atoms with Crippen LogP contribution in [0.3, 0.4) is 0 Å². The van der Waals surface area contributed by atoms with Crippen LogP contribution in [0.5, 0.6) is 17.2 Å². The van der Waals surface area contributed by atoms with Crippen LogP contribution in [0, 0.1) is 0 Å². The highest BCUT2D eigenvalue weighted by atomic mass is 16.5. The highest BCUT2D eigenvalue weighted by Gasteiger charge is 2.24. The minimum absolute atomic E-state index is 0.163. The van der Waals surface area contributed by atoms with E-state index in [2.05, 4.69) is 0 Å². The van der Waals surface area contributed by atoms with E-state index >= 15 is 0 Å². The summed E-state index contributed by atoms with van der Waals surface area (Å²) in [6.07, 6.45) is 0. The summed E-state index contributed by atoms with van der Waals surface area (Å²) in [4.78, 5) is 11.7. The zero-order valence-electron chi connectivity index (χ0n) is 12.2. The average molecular weight is 287 g/mol. The van der Waals surface area contributed by atoms with E-state index < -0.39 is 5.91 Å². The van der Waals surface area contributed by atoms with Gasteiger partial charge in [-0.1, -0.05) is 30.3 Å². The Hall–Kier alpha value is -2.69. The molecule has 0 heterocycles. The summed E-state index contributed by atoms with van der Waals surface area (Å²) in [5.74, 6) is 0.419. The smallest absolute Gasteiger partial charge is 0.256 e. The number of benzene rings is 2. The van der Waals surface area contributed by atoms with Crippen LogP contribution in [-0.2, 0) is 0 Å². The van der Waals surface area contributed by atoms with Gasteiger partial charge in [0.15, 0.2) is 11.5 Å². The van der Waals surface area contributed by atoms with Gasteiger partial charge in [0, 0.05) is 5.56 Å². The van der Waals surface area contributed by atoms with Gasteiger partial charge in [-0.05, 0) is 11.6 Å². The number of primary amides is 1. The van der Waals surface area contributed by atoms with Gasteiger partial charge in [0.1, 0.15) is 11.3 Å². The van der Waals surface area contributed by atoms with Crippen molar-refractivity contribution in [1.82, 2.24) is 0 Å². The number of hydrogen-bond acceptors (Lipinski definition) is 4. The van der Waals surface area contributed by atoms with Crippen molar-refractivity contribution >= 4 is 5.91 Å². The molecule has 0 radical (unpaired) electrons. The largest absolute Gasteiger partial charge is 0.496 e. The van der Waals surface area contributed by atoms with Crippen molar-refractivity contribution in [2.45, 2.75) is 0 Å². The summed E-state index contributed by atoms with van der Waals surface area (Å²) in [5, 5.41) is 0. The SMILES string of the molecule is COc1cc(-c2ccccc2)c(OC)c(OC)c1C(N)=O. The summed E-state index contributed by atoms with van der Waals surface area (Å²) < 4.78 is 16.0. The number of carbonyl (C=O) groups excluding carboxylic acids is 1. The fraction of sp³-hybridized carbons (Fsp3) is 0.188. The molecule has 0 aliphatic heterocycles. The lowest BCUT2D eigenvalue weighted by Crippen LogP contribution is -2.15. The number of carbonyl (C=O) groups is 1. The van der Waals surface area contributed by atoms with Crippen LogP contribution in [0.25, 0.3) is 11.1 Å². The van der Waals surface area contributed by atoms with Crippen LogP contribution in [0.1, 0.15) is 10.4 Å². The van der Waals surface area contributed by atoms with Gasteiger partial charge >= 0.3 is 0 Å². The van der Waals surface area contributed by atoms with Crippen LogP contribution in [-0.4, -0.2) is 27.2 Å². The molecular weight excluding hydrogens is 270 g/mol. The van der Waals surface area contributed by atoms with Crippen molar-refractivity contribution in [3.05, 3.63) is 42.0 Å². The molecule has 110 valence electrons. The molecule has 2 N–H and O–H groups in total. The Morgan fingerprint density at radius 1 is 0.952 bits per heavy atom. The highest BCUT2D eigenvalue weighted by molar-refractivity contribution is 6.01. The van der Waals surface area contributed by atoms with E-state index in [1.165, 1.54) is 21.3 Å². The molecule has 0 aliphatic rings. The van der Waals surface area contributed by atoms with Gasteiger partial charge in [-0.15, -0.1) is 0 Å². The van der Waals surface area contributed by atoms with Crippen LogP contribution in [0.15, 0.2) is 36.4 Å². The highest BCUT2D eigenvalue weighted by Crippen LogP contribution is 2.45. The topological polar surface area (TPSA) is 70.8 Å². The van der Waals surface area contributed by atoms with Gasteiger partial charge in [0.2, 0.25) is 0 Å². The Morgan fingerprint density at radius 3 is 2.05 bits per heavy atom. The standard InChI is InChI=1S/C16H17NO4/c1-19-12-9-11(10-7-5-4-6-8-10)14(20-2)15(21-3)13(12)16(17)18/h4-9H,1-3H3,(H2,17,18). The number of amides is 1. The van der Waals surface area contributed by atoms with Gasteiger partial charge in [0.25, 0.3) is 5.91 Å². The van der Waals surface area contributed by atoms with E-state index in [1.807, 2.05) is 30.3 Å². The molecule has 2 aromatic rings. The fourth-order valence-electron chi connectivity index (χ4n) is 2.24. The van der Waals surface area contributed by atoms with E-state index in [4.69, 9.17) is 19.9 Å². The third kappa shape index (κ3) is 2.63. The number of methoxy groups -OCH3 is 3. The predicted octanol–water partition coefficient (Wildman–Crippen LogP) is 2.48.